The minimum atomic E-state index is -1.23. The van der Waals surface area contributed by atoms with Gasteiger partial charge in [0.05, 0.1) is 6.42 Å². The molecule has 10 heteroatoms. The zero-order valence-corrected chi connectivity index (χ0v) is 17.1. The van der Waals surface area contributed by atoms with E-state index in [0.29, 0.717) is 12.0 Å². The number of carboxylic acids is 1. The summed E-state index contributed by atoms with van der Waals surface area (Å²) in [5, 5.41) is 17.2. The lowest BCUT2D eigenvalue weighted by Crippen LogP contribution is -2.63. The second kappa shape index (κ2) is 10.0. The maximum Gasteiger partial charge on any atom is 0.326 e. The van der Waals surface area contributed by atoms with E-state index >= 15 is 0 Å². The average Bonchev–Trinajstić information content (AvgIpc) is 2.73. The molecule has 2 heterocycles. The van der Waals surface area contributed by atoms with E-state index in [1.807, 2.05) is 30.3 Å². The lowest BCUT2D eigenvalue weighted by atomic mass is 10.0. The Morgan fingerprint density at radius 3 is 2.35 bits per heavy atom. The molecule has 3 atom stereocenters. The van der Waals surface area contributed by atoms with E-state index in [9.17, 15) is 24.3 Å². The van der Waals surface area contributed by atoms with Gasteiger partial charge in [-0.1, -0.05) is 48.0 Å². The monoisotopic (exact) mass is 444 g/mol. The molecule has 1 aromatic heterocycles. The molecule has 1 fully saturated rings. The number of carboxylic acid groups (broad SMARTS) is 1. The second-order valence-corrected chi connectivity index (χ2v) is 7.56. The van der Waals surface area contributed by atoms with E-state index in [-0.39, 0.29) is 18.0 Å². The summed E-state index contributed by atoms with van der Waals surface area (Å²) >= 11 is 5.72. The molecule has 0 unspecified atom stereocenters. The summed E-state index contributed by atoms with van der Waals surface area (Å²) < 4.78 is 0. The summed E-state index contributed by atoms with van der Waals surface area (Å²) in [6.45, 7) is 0. The van der Waals surface area contributed by atoms with Crippen molar-refractivity contribution in [3.05, 3.63) is 64.9 Å². The largest absolute Gasteiger partial charge is 0.480 e. The van der Waals surface area contributed by atoms with Gasteiger partial charge in [0.15, 0.2) is 0 Å². The Bertz CT molecular complexity index is 967. The van der Waals surface area contributed by atoms with Crippen molar-refractivity contribution in [3.8, 4) is 0 Å². The fourth-order valence-corrected chi connectivity index (χ4v) is 3.33. The van der Waals surface area contributed by atoms with E-state index in [2.05, 4.69) is 20.9 Å². The number of hydrogen-bond donors (Lipinski definition) is 4. The van der Waals surface area contributed by atoms with Gasteiger partial charge in [0.25, 0.3) is 0 Å². The van der Waals surface area contributed by atoms with Gasteiger partial charge in [-0.25, -0.2) is 9.78 Å². The number of aromatic nitrogens is 1. The number of nitrogens with one attached hydrogen (secondary N) is 3. The van der Waals surface area contributed by atoms with Crippen LogP contribution in [0.15, 0.2) is 48.7 Å². The molecule has 0 spiro atoms. The van der Waals surface area contributed by atoms with E-state index in [0.717, 1.165) is 5.56 Å². The van der Waals surface area contributed by atoms with Crippen molar-refractivity contribution in [2.75, 3.05) is 0 Å². The number of pyridine rings is 1. The van der Waals surface area contributed by atoms with Crippen LogP contribution in [0.4, 0.5) is 0 Å². The van der Waals surface area contributed by atoms with Gasteiger partial charge in [0, 0.05) is 19.0 Å². The molecule has 0 bridgehead atoms. The lowest BCUT2D eigenvalue weighted by molar-refractivity contribution is -0.142. The van der Waals surface area contributed by atoms with Crippen LogP contribution >= 0.6 is 11.6 Å². The SMILES string of the molecule is O=C(C[C@@H]1NC(=O)[C@H](Cc2ccccc2)NC1=O)N[C@@H](Cc1ccc(Cl)nc1)C(=O)O. The van der Waals surface area contributed by atoms with Crippen LogP contribution in [0.25, 0.3) is 0 Å². The third-order valence-electron chi connectivity index (χ3n) is 4.80. The number of hydrogen-bond acceptors (Lipinski definition) is 5. The number of nitrogens with zero attached hydrogens (tertiary/aromatic N) is 1. The molecule has 1 aliphatic heterocycles. The summed E-state index contributed by atoms with van der Waals surface area (Å²) in [6, 6.07) is 9.32. The van der Waals surface area contributed by atoms with E-state index in [1.54, 1.807) is 6.07 Å². The van der Waals surface area contributed by atoms with Crippen molar-refractivity contribution >= 4 is 35.3 Å². The summed E-state index contributed by atoms with van der Waals surface area (Å²) in [7, 11) is 0. The molecule has 0 saturated carbocycles. The van der Waals surface area contributed by atoms with Crippen LogP contribution in [-0.4, -0.2) is 51.9 Å². The smallest absolute Gasteiger partial charge is 0.326 e. The number of amides is 3. The quantitative estimate of drug-likeness (QED) is 0.436. The molecule has 0 radical (unpaired) electrons. The molecule has 9 nitrogen and oxygen atoms in total. The first-order valence-electron chi connectivity index (χ1n) is 9.59. The van der Waals surface area contributed by atoms with Gasteiger partial charge in [-0.05, 0) is 17.2 Å². The highest BCUT2D eigenvalue weighted by Crippen LogP contribution is 2.10. The number of piperazine rings is 1. The fourth-order valence-electron chi connectivity index (χ4n) is 3.21. The summed E-state index contributed by atoms with van der Waals surface area (Å²) in [5.41, 5.74) is 1.46. The fraction of sp³-hybridized carbons (Fsp3) is 0.286. The van der Waals surface area contributed by atoms with Gasteiger partial charge in [-0.15, -0.1) is 0 Å². The van der Waals surface area contributed by atoms with Crippen molar-refractivity contribution in [2.45, 2.75) is 37.4 Å². The number of carbonyl (C=O) groups excluding carboxylic acids is 3. The number of benzene rings is 1. The van der Waals surface area contributed by atoms with Crippen molar-refractivity contribution < 1.29 is 24.3 Å². The topological polar surface area (TPSA) is 137 Å². The average molecular weight is 445 g/mol. The first-order valence-corrected chi connectivity index (χ1v) is 9.97. The van der Waals surface area contributed by atoms with E-state index in [4.69, 9.17) is 11.6 Å². The van der Waals surface area contributed by atoms with E-state index < -0.39 is 41.8 Å². The van der Waals surface area contributed by atoms with Crippen molar-refractivity contribution in [2.24, 2.45) is 0 Å². The van der Waals surface area contributed by atoms with Crippen LogP contribution in [-0.2, 0) is 32.0 Å². The second-order valence-electron chi connectivity index (χ2n) is 7.17. The lowest BCUT2D eigenvalue weighted by Gasteiger charge is -2.29. The minimum absolute atomic E-state index is 0.00634. The van der Waals surface area contributed by atoms with Gasteiger partial charge in [-0.2, -0.15) is 0 Å². The van der Waals surface area contributed by atoms with Gasteiger partial charge < -0.3 is 21.1 Å². The van der Waals surface area contributed by atoms with Gasteiger partial charge in [-0.3, -0.25) is 14.4 Å². The van der Waals surface area contributed by atoms with Crippen LogP contribution < -0.4 is 16.0 Å². The van der Waals surface area contributed by atoms with Crippen LogP contribution in [0.5, 0.6) is 0 Å². The highest BCUT2D eigenvalue weighted by Gasteiger charge is 2.35. The molecule has 162 valence electrons. The third-order valence-corrected chi connectivity index (χ3v) is 5.02. The number of carbonyl (C=O) groups is 4. The summed E-state index contributed by atoms with van der Waals surface area (Å²) in [5.74, 6) is -2.80. The molecule has 1 aromatic carbocycles. The summed E-state index contributed by atoms with van der Waals surface area (Å²) in [6.07, 6.45) is 1.37. The predicted molar refractivity (Wildman–Crippen MR) is 111 cm³/mol. The molecule has 3 amide bonds. The third kappa shape index (κ3) is 6.26. The molecule has 4 N–H and O–H groups in total. The Morgan fingerprint density at radius 1 is 1.03 bits per heavy atom. The van der Waals surface area contributed by atoms with Crippen LogP contribution in [0.1, 0.15) is 17.5 Å². The standard InChI is InChI=1S/C21H21ClN4O5/c22-17-7-6-13(11-23-17)9-16(21(30)31)24-18(27)10-15-20(29)25-14(19(28)26-15)8-12-4-2-1-3-5-12/h1-7,11,14-16H,8-10H2,(H,24,27)(H,25,29)(H,26,28)(H,30,31)/t14-,15-,16-/m0/s1. The molecule has 31 heavy (non-hydrogen) atoms. The molecule has 0 aliphatic carbocycles. The minimum Gasteiger partial charge on any atom is -0.480 e. The highest BCUT2D eigenvalue weighted by atomic mass is 35.5. The van der Waals surface area contributed by atoms with E-state index in [1.165, 1.54) is 12.3 Å². The molecule has 1 saturated heterocycles. The molecular formula is C21H21ClN4O5. The van der Waals surface area contributed by atoms with Gasteiger partial charge in [0.1, 0.15) is 23.3 Å². The zero-order valence-electron chi connectivity index (χ0n) is 16.4. The maximum absolute atomic E-state index is 12.4. The Morgan fingerprint density at radius 2 is 1.71 bits per heavy atom. The number of rotatable bonds is 8. The van der Waals surface area contributed by atoms with Crippen molar-refractivity contribution in [3.63, 3.8) is 0 Å². The number of aliphatic carboxylic acids is 1. The molecule has 1 aliphatic rings. The Labute approximate surface area is 183 Å². The Hall–Kier alpha value is -3.46. The van der Waals surface area contributed by atoms with Crippen molar-refractivity contribution in [1.29, 1.82) is 0 Å². The van der Waals surface area contributed by atoms with Crippen LogP contribution in [0.2, 0.25) is 5.15 Å². The maximum atomic E-state index is 12.4. The van der Waals surface area contributed by atoms with Crippen molar-refractivity contribution in [1.82, 2.24) is 20.9 Å². The molecule has 2 aromatic rings. The van der Waals surface area contributed by atoms with Gasteiger partial charge in [0.2, 0.25) is 17.7 Å². The predicted octanol–water partition coefficient (Wildman–Crippen LogP) is 0.463. The molecule has 3 rings (SSSR count). The zero-order chi connectivity index (χ0) is 22.4. The highest BCUT2D eigenvalue weighted by molar-refractivity contribution is 6.29. The van der Waals surface area contributed by atoms with Crippen LogP contribution in [0, 0.1) is 0 Å². The number of halogens is 1. The first kappa shape index (κ1) is 22.2. The van der Waals surface area contributed by atoms with Gasteiger partial charge >= 0.3 is 5.97 Å². The Kier molecular flexibility index (Phi) is 7.19. The molecular weight excluding hydrogens is 424 g/mol. The van der Waals surface area contributed by atoms with Crippen LogP contribution in [0.3, 0.4) is 0 Å². The summed E-state index contributed by atoms with van der Waals surface area (Å²) in [4.78, 5) is 52.5. The Balaban J connectivity index is 1.55. The first-order chi connectivity index (χ1) is 14.8. The normalized spacial score (nSPS) is 19.1.